The Morgan fingerprint density at radius 3 is 2.78 bits per heavy atom. The van der Waals surface area contributed by atoms with Gasteiger partial charge in [-0.1, -0.05) is 12.8 Å². The van der Waals surface area contributed by atoms with E-state index in [-0.39, 0.29) is 5.82 Å². The monoisotopic (exact) mass is 246 g/mol. The maximum absolute atomic E-state index is 13.2. The maximum atomic E-state index is 13.2. The summed E-state index contributed by atoms with van der Waals surface area (Å²) in [5.74, 6) is 0.507. The van der Waals surface area contributed by atoms with E-state index in [9.17, 15) is 4.39 Å². The minimum absolute atomic E-state index is 0.265. The van der Waals surface area contributed by atoms with Crippen molar-refractivity contribution in [1.82, 2.24) is 4.90 Å². The average molecular weight is 246 g/mol. The first kappa shape index (κ1) is 13.0. The summed E-state index contributed by atoms with van der Waals surface area (Å²) in [4.78, 5) is 2.20. The molecule has 2 rings (SSSR count). The number of hydrogen-bond donors (Lipinski definition) is 0. The first-order valence-electron chi connectivity index (χ1n) is 6.56. The summed E-state index contributed by atoms with van der Waals surface area (Å²) >= 11 is 0. The van der Waals surface area contributed by atoms with Gasteiger partial charge in [0, 0.05) is 13.1 Å². The van der Waals surface area contributed by atoms with Crippen LogP contribution in [0.1, 0.15) is 36.8 Å². The number of benzene rings is 1. The molecule has 0 saturated heterocycles. The van der Waals surface area contributed by atoms with Crippen molar-refractivity contribution in [1.29, 1.82) is 5.26 Å². The largest absolute Gasteiger partial charge is 0.302 e. The molecule has 0 amide bonds. The van der Waals surface area contributed by atoms with Crippen LogP contribution in [-0.4, -0.2) is 18.5 Å². The lowest BCUT2D eigenvalue weighted by atomic mass is 10.1. The summed E-state index contributed by atoms with van der Waals surface area (Å²) in [5.41, 5.74) is 1.37. The molecule has 0 bridgehead atoms. The van der Waals surface area contributed by atoms with Crippen LogP contribution < -0.4 is 0 Å². The van der Waals surface area contributed by atoms with E-state index in [4.69, 9.17) is 5.26 Å². The Labute approximate surface area is 108 Å². The van der Waals surface area contributed by atoms with E-state index in [0.29, 0.717) is 12.1 Å². The molecule has 1 aromatic carbocycles. The van der Waals surface area contributed by atoms with Crippen LogP contribution in [0.3, 0.4) is 0 Å². The van der Waals surface area contributed by atoms with E-state index in [0.717, 1.165) is 18.0 Å². The molecule has 1 fully saturated rings. The smallest absolute Gasteiger partial charge is 0.123 e. The molecule has 1 aromatic rings. The third kappa shape index (κ3) is 3.30. The molecule has 1 aliphatic carbocycles. The highest BCUT2D eigenvalue weighted by Gasteiger charge is 2.17. The molecule has 0 unspecified atom stereocenters. The lowest BCUT2D eigenvalue weighted by molar-refractivity contribution is 0.270. The summed E-state index contributed by atoms with van der Waals surface area (Å²) in [6, 6.07) is 6.51. The van der Waals surface area contributed by atoms with Gasteiger partial charge in [0.2, 0.25) is 0 Å². The third-order valence-corrected chi connectivity index (χ3v) is 3.67. The van der Waals surface area contributed by atoms with Crippen molar-refractivity contribution in [3.05, 3.63) is 35.1 Å². The van der Waals surface area contributed by atoms with E-state index in [1.807, 2.05) is 7.05 Å². The van der Waals surface area contributed by atoms with Crippen LogP contribution in [0, 0.1) is 23.1 Å². The van der Waals surface area contributed by atoms with Gasteiger partial charge in [-0.05, 0) is 49.6 Å². The molecule has 1 aliphatic rings. The molecule has 1 saturated carbocycles. The highest BCUT2D eigenvalue weighted by molar-refractivity contribution is 5.37. The Bertz CT molecular complexity index is 444. The number of hydrogen-bond acceptors (Lipinski definition) is 2. The van der Waals surface area contributed by atoms with Crippen molar-refractivity contribution in [3.8, 4) is 6.07 Å². The van der Waals surface area contributed by atoms with Crippen molar-refractivity contribution in [2.24, 2.45) is 5.92 Å². The minimum Gasteiger partial charge on any atom is -0.302 e. The van der Waals surface area contributed by atoms with Crippen LogP contribution in [0.5, 0.6) is 0 Å². The van der Waals surface area contributed by atoms with Gasteiger partial charge < -0.3 is 4.90 Å². The molecule has 0 atom stereocenters. The molecule has 18 heavy (non-hydrogen) atoms. The Hall–Kier alpha value is -1.40. The average Bonchev–Trinajstić information content (AvgIpc) is 2.82. The summed E-state index contributed by atoms with van der Waals surface area (Å²) in [6.45, 7) is 1.69. The molecular formula is C15H19FN2. The molecule has 0 radical (unpaired) electrons. The summed E-state index contributed by atoms with van der Waals surface area (Å²) in [5, 5.41) is 9.02. The number of nitrogens with zero attached hydrogens (tertiary/aromatic N) is 2. The first-order chi connectivity index (χ1) is 8.69. The molecule has 3 heteroatoms. The Morgan fingerprint density at radius 1 is 1.39 bits per heavy atom. The van der Waals surface area contributed by atoms with Crippen molar-refractivity contribution in [2.75, 3.05) is 13.6 Å². The Morgan fingerprint density at radius 2 is 2.11 bits per heavy atom. The molecule has 96 valence electrons. The summed E-state index contributed by atoms with van der Waals surface area (Å²) < 4.78 is 13.2. The van der Waals surface area contributed by atoms with Crippen LogP contribution >= 0.6 is 0 Å². The number of nitriles is 1. The molecule has 0 spiro atoms. The lowest BCUT2D eigenvalue weighted by Gasteiger charge is -2.21. The van der Waals surface area contributed by atoms with Gasteiger partial charge in [0.15, 0.2) is 0 Å². The van der Waals surface area contributed by atoms with Gasteiger partial charge in [0.1, 0.15) is 5.82 Å². The predicted molar refractivity (Wildman–Crippen MR) is 69.4 cm³/mol. The topological polar surface area (TPSA) is 27.0 Å². The fourth-order valence-electron chi connectivity index (χ4n) is 2.79. The van der Waals surface area contributed by atoms with Crippen LogP contribution in [0.15, 0.2) is 18.2 Å². The standard InChI is InChI=1S/C15H19FN2/c1-18(10-12-4-2-3-5-12)11-14-8-15(16)7-6-13(14)9-17/h6-8,12H,2-5,10-11H2,1H3. The summed E-state index contributed by atoms with van der Waals surface area (Å²) in [6.07, 6.45) is 5.28. The van der Waals surface area contributed by atoms with Crippen molar-refractivity contribution in [2.45, 2.75) is 32.2 Å². The quantitative estimate of drug-likeness (QED) is 0.815. The SMILES string of the molecule is CN(Cc1cc(F)ccc1C#N)CC1CCCC1. The summed E-state index contributed by atoms with van der Waals surface area (Å²) in [7, 11) is 2.05. The van der Waals surface area contributed by atoms with E-state index in [1.54, 1.807) is 6.07 Å². The molecule has 0 N–H and O–H groups in total. The second-order valence-electron chi connectivity index (χ2n) is 5.26. The van der Waals surface area contributed by atoms with E-state index >= 15 is 0 Å². The first-order valence-corrected chi connectivity index (χ1v) is 6.56. The van der Waals surface area contributed by atoms with Crippen molar-refractivity contribution in [3.63, 3.8) is 0 Å². The fourth-order valence-corrected chi connectivity index (χ4v) is 2.79. The van der Waals surface area contributed by atoms with Crippen LogP contribution in [0.4, 0.5) is 4.39 Å². The van der Waals surface area contributed by atoms with Gasteiger partial charge in [-0.2, -0.15) is 5.26 Å². The van der Waals surface area contributed by atoms with E-state index in [1.165, 1.54) is 37.8 Å². The van der Waals surface area contributed by atoms with Crippen LogP contribution in [0.2, 0.25) is 0 Å². The minimum atomic E-state index is -0.265. The molecule has 0 aromatic heterocycles. The van der Waals surface area contributed by atoms with E-state index < -0.39 is 0 Å². The lowest BCUT2D eigenvalue weighted by Crippen LogP contribution is -2.24. The Kier molecular flexibility index (Phi) is 4.33. The number of halogens is 1. The van der Waals surface area contributed by atoms with Gasteiger partial charge in [-0.15, -0.1) is 0 Å². The van der Waals surface area contributed by atoms with Crippen molar-refractivity contribution >= 4 is 0 Å². The molecule has 0 aliphatic heterocycles. The zero-order valence-corrected chi connectivity index (χ0v) is 10.8. The van der Waals surface area contributed by atoms with Crippen LogP contribution in [0.25, 0.3) is 0 Å². The Balaban J connectivity index is 1.99. The highest BCUT2D eigenvalue weighted by Crippen LogP contribution is 2.25. The van der Waals surface area contributed by atoms with Crippen molar-refractivity contribution < 1.29 is 4.39 Å². The zero-order valence-electron chi connectivity index (χ0n) is 10.8. The van der Waals surface area contributed by atoms with Crippen LogP contribution in [-0.2, 0) is 6.54 Å². The second-order valence-corrected chi connectivity index (χ2v) is 5.26. The van der Waals surface area contributed by atoms with Gasteiger partial charge in [-0.3, -0.25) is 0 Å². The van der Waals surface area contributed by atoms with Gasteiger partial charge in [0.25, 0.3) is 0 Å². The zero-order chi connectivity index (χ0) is 13.0. The van der Waals surface area contributed by atoms with Gasteiger partial charge in [0.05, 0.1) is 11.6 Å². The maximum Gasteiger partial charge on any atom is 0.123 e. The molecular weight excluding hydrogens is 227 g/mol. The third-order valence-electron chi connectivity index (χ3n) is 3.67. The molecule has 0 heterocycles. The highest BCUT2D eigenvalue weighted by atomic mass is 19.1. The number of rotatable bonds is 4. The van der Waals surface area contributed by atoms with Gasteiger partial charge >= 0.3 is 0 Å². The second kappa shape index (κ2) is 5.97. The fraction of sp³-hybridized carbons (Fsp3) is 0.533. The normalized spacial score (nSPS) is 16.1. The predicted octanol–water partition coefficient (Wildman–Crippen LogP) is 3.32. The van der Waals surface area contributed by atoms with Gasteiger partial charge in [-0.25, -0.2) is 4.39 Å². The van der Waals surface area contributed by atoms with E-state index in [2.05, 4.69) is 11.0 Å². The molecule has 2 nitrogen and oxygen atoms in total.